The summed E-state index contributed by atoms with van der Waals surface area (Å²) >= 11 is 0. The number of hydrogen-bond acceptors (Lipinski definition) is 6. The van der Waals surface area contributed by atoms with E-state index in [9.17, 15) is 18.0 Å². The van der Waals surface area contributed by atoms with Gasteiger partial charge in [-0.2, -0.15) is 13.2 Å². The van der Waals surface area contributed by atoms with Crippen LogP contribution >= 0.6 is 0 Å². The Morgan fingerprint density at radius 1 is 1.23 bits per heavy atom. The zero-order valence-corrected chi connectivity index (χ0v) is 18.8. The first-order chi connectivity index (χ1) is 16.8. The molecule has 0 aliphatic carbocycles. The van der Waals surface area contributed by atoms with Crippen molar-refractivity contribution in [2.45, 2.75) is 6.18 Å². The van der Waals surface area contributed by atoms with Crippen LogP contribution in [0.15, 0.2) is 83.8 Å². The van der Waals surface area contributed by atoms with Crippen molar-refractivity contribution in [3.63, 3.8) is 0 Å². The van der Waals surface area contributed by atoms with E-state index < -0.39 is 11.7 Å². The summed E-state index contributed by atoms with van der Waals surface area (Å²) in [7, 11) is 0. The number of amides is 1. The summed E-state index contributed by atoms with van der Waals surface area (Å²) in [4.78, 5) is 22.2. The lowest BCUT2D eigenvalue weighted by Crippen LogP contribution is -2.36. The zero-order valence-electron chi connectivity index (χ0n) is 18.8. The Morgan fingerprint density at radius 3 is 2.74 bits per heavy atom. The Balaban J connectivity index is 1.42. The third kappa shape index (κ3) is 6.15. The number of halogens is 3. The molecule has 182 valence electrons. The molecule has 0 spiro atoms. The Bertz CT molecular complexity index is 1180. The number of hydrogen-bond donors (Lipinski definition) is 2. The van der Waals surface area contributed by atoms with Crippen LogP contribution < -0.4 is 15.5 Å². The van der Waals surface area contributed by atoms with Gasteiger partial charge in [0.15, 0.2) is 0 Å². The third-order valence-corrected chi connectivity index (χ3v) is 5.43. The van der Waals surface area contributed by atoms with E-state index in [1.807, 2.05) is 4.90 Å². The van der Waals surface area contributed by atoms with Crippen LogP contribution in [-0.2, 0) is 15.7 Å². The molecule has 3 heterocycles. The highest BCUT2D eigenvalue weighted by Crippen LogP contribution is 2.35. The topological polar surface area (TPSA) is 78.8 Å². The normalized spacial score (nSPS) is 17.4. The van der Waals surface area contributed by atoms with Crippen molar-refractivity contribution in [2.75, 3.05) is 43.1 Å². The first-order valence-electron chi connectivity index (χ1n) is 10.9. The van der Waals surface area contributed by atoms with E-state index in [2.05, 4.69) is 27.2 Å². The summed E-state index contributed by atoms with van der Waals surface area (Å²) in [5.74, 6) is -0.238. The van der Waals surface area contributed by atoms with E-state index in [1.54, 1.807) is 36.5 Å². The number of anilines is 2. The molecule has 2 aromatic rings. The molecule has 1 saturated heterocycles. The molecule has 0 atom stereocenters. The number of carbonyl (C=O) groups is 1. The Labute approximate surface area is 200 Å². The second kappa shape index (κ2) is 10.6. The van der Waals surface area contributed by atoms with Crippen molar-refractivity contribution in [2.24, 2.45) is 4.99 Å². The van der Waals surface area contributed by atoms with Crippen molar-refractivity contribution < 1.29 is 22.7 Å². The van der Waals surface area contributed by atoms with Gasteiger partial charge >= 0.3 is 6.18 Å². The molecule has 1 aromatic carbocycles. The van der Waals surface area contributed by atoms with Crippen LogP contribution in [0.4, 0.5) is 24.5 Å². The van der Waals surface area contributed by atoms with Crippen LogP contribution in [-0.4, -0.2) is 49.6 Å². The van der Waals surface area contributed by atoms with Crippen LogP contribution in [0.25, 0.3) is 0 Å². The lowest BCUT2D eigenvalue weighted by atomic mass is 10.0. The molecule has 7 nitrogen and oxygen atoms in total. The molecule has 0 bridgehead atoms. The Hall–Kier alpha value is -3.92. The lowest BCUT2D eigenvalue weighted by molar-refractivity contribution is -0.137. The van der Waals surface area contributed by atoms with Gasteiger partial charge in [-0.25, -0.2) is 0 Å². The summed E-state index contributed by atoms with van der Waals surface area (Å²) in [5.41, 5.74) is 1.10. The van der Waals surface area contributed by atoms with Crippen LogP contribution in [0.1, 0.15) is 11.1 Å². The fourth-order valence-corrected chi connectivity index (χ4v) is 3.64. The van der Waals surface area contributed by atoms with Crippen LogP contribution in [0.3, 0.4) is 0 Å². The number of aromatic nitrogens is 1. The van der Waals surface area contributed by atoms with Crippen LogP contribution in [0.2, 0.25) is 0 Å². The molecule has 2 aliphatic heterocycles. The van der Waals surface area contributed by atoms with Gasteiger partial charge < -0.3 is 20.3 Å². The molecule has 4 rings (SSSR count). The van der Waals surface area contributed by atoms with Crippen molar-refractivity contribution in [1.29, 1.82) is 0 Å². The second-order valence-corrected chi connectivity index (χ2v) is 7.89. The molecule has 2 aliphatic rings. The Kier molecular flexibility index (Phi) is 7.31. The second-order valence-electron chi connectivity index (χ2n) is 7.89. The highest BCUT2D eigenvalue weighted by molar-refractivity contribution is 6.05. The van der Waals surface area contributed by atoms with Gasteiger partial charge in [-0.1, -0.05) is 12.7 Å². The smallest absolute Gasteiger partial charge is 0.378 e. The average Bonchev–Trinajstić information content (AvgIpc) is 3.33. The van der Waals surface area contributed by atoms with E-state index in [-0.39, 0.29) is 29.4 Å². The highest BCUT2D eigenvalue weighted by atomic mass is 19.4. The van der Waals surface area contributed by atoms with Crippen molar-refractivity contribution in [3.8, 4) is 0 Å². The Morgan fingerprint density at radius 2 is 2.03 bits per heavy atom. The molecule has 1 fully saturated rings. The van der Waals surface area contributed by atoms with E-state index in [0.29, 0.717) is 43.4 Å². The molecular formula is C25H24F3N5O2. The fourth-order valence-electron chi connectivity index (χ4n) is 3.64. The molecule has 35 heavy (non-hydrogen) atoms. The average molecular weight is 483 g/mol. The number of pyridine rings is 1. The number of alkyl halides is 3. The molecule has 10 heteroatoms. The first kappa shape index (κ1) is 24.2. The maximum absolute atomic E-state index is 13.9. The first-order valence-corrected chi connectivity index (χ1v) is 10.9. The number of ether oxygens (including phenoxy) is 1. The largest absolute Gasteiger partial charge is 0.417 e. The number of nitrogens with zero attached hydrogens (tertiary/aromatic N) is 3. The quantitative estimate of drug-likeness (QED) is 0.481. The highest BCUT2D eigenvalue weighted by Gasteiger charge is 2.36. The van der Waals surface area contributed by atoms with Crippen LogP contribution in [0, 0.1) is 0 Å². The summed E-state index contributed by atoms with van der Waals surface area (Å²) in [6.07, 6.45) is 3.33. The number of nitrogens with one attached hydrogen (secondary N) is 2. The minimum absolute atomic E-state index is 0.0119. The molecule has 2 N–H and O–H groups in total. The summed E-state index contributed by atoms with van der Waals surface area (Å²) in [6, 6.07) is 7.68. The van der Waals surface area contributed by atoms with E-state index in [0.717, 1.165) is 6.07 Å². The molecule has 0 unspecified atom stereocenters. The minimum atomic E-state index is -4.53. The van der Waals surface area contributed by atoms with Crippen molar-refractivity contribution >= 4 is 23.1 Å². The molecular weight excluding hydrogens is 459 g/mol. The predicted octanol–water partition coefficient (Wildman–Crippen LogP) is 3.92. The SMILES string of the molecule is C=C(/C=C\C=C1/CN=C(c2ccc(N3CCOCC3)cc2C(F)(F)F)N1)C(=O)Nc1cccnc1. The zero-order chi connectivity index (χ0) is 24.8. The van der Waals surface area contributed by atoms with Crippen molar-refractivity contribution in [1.82, 2.24) is 10.3 Å². The summed E-state index contributed by atoms with van der Waals surface area (Å²) in [5, 5.41) is 5.62. The summed E-state index contributed by atoms with van der Waals surface area (Å²) in [6.45, 7) is 5.97. The maximum Gasteiger partial charge on any atom is 0.417 e. The number of allylic oxidation sites excluding steroid dienone is 2. The number of benzene rings is 1. The number of amidine groups is 1. The minimum Gasteiger partial charge on any atom is -0.378 e. The van der Waals surface area contributed by atoms with Gasteiger partial charge in [0.05, 0.1) is 37.2 Å². The van der Waals surface area contributed by atoms with Gasteiger partial charge in [-0.15, -0.1) is 0 Å². The van der Waals surface area contributed by atoms with Gasteiger partial charge in [0.25, 0.3) is 5.91 Å². The molecule has 1 amide bonds. The number of carbonyl (C=O) groups excluding carboxylic acids is 1. The molecule has 1 aromatic heterocycles. The summed E-state index contributed by atoms with van der Waals surface area (Å²) < 4.78 is 46.9. The maximum atomic E-state index is 13.9. The molecule has 0 saturated carbocycles. The monoisotopic (exact) mass is 483 g/mol. The lowest BCUT2D eigenvalue weighted by Gasteiger charge is -2.29. The number of morpholine rings is 1. The van der Waals surface area contributed by atoms with Crippen LogP contribution in [0.5, 0.6) is 0 Å². The number of aliphatic imine (C=N–C) groups is 1. The fraction of sp³-hybridized carbons (Fsp3) is 0.240. The standard InChI is InChI=1S/C25H24F3N5O2/c1-17(24(34)32-18-6-3-9-29-15-18)4-2-5-19-16-30-23(31-19)21-8-7-20(14-22(21)25(26,27)28)33-10-12-35-13-11-33/h2-9,14-15H,1,10-13,16H2,(H,30,31)(H,32,34)/b4-2-,19-5+. The van der Waals surface area contributed by atoms with E-state index in [4.69, 9.17) is 4.74 Å². The predicted molar refractivity (Wildman–Crippen MR) is 128 cm³/mol. The van der Waals surface area contributed by atoms with E-state index in [1.165, 1.54) is 18.3 Å². The van der Waals surface area contributed by atoms with E-state index >= 15 is 0 Å². The number of rotatable bonds is 6. The van der Waals surface area contributed by atoms with Gasteiger partial charge in [0, 0.05) is 41.8 Å². The van der Waals surface area contributed by atoms with Gasteiger partial charge in [0.1, 0.15) is 5.84 Å². The third-order valence-electron chi connectivity index (χ3n) is 5.43. The van der Waals surface area contributed by atoms with Gasteiger partial charge in [0.2, 0.25) is 0 Å². The van der Waals surface area contributed by atoms with Gasteiger partial charge in [-0.05, 0) is 42.5 Å². The van der Waals surface area contributed by atoms with Crippen molar-refractivity contribution in [3.05, 3.63) is 89.9 Å². The van der Waals surface area contributed by atoms with Gasteiger partial charge in [-0.3, -0.25) is 14.8 Å². The molecule has 0 radical (unpaired) electrons.